The maximum Gasteiger partial charge on any atom is 0.174 e. The van der Waals surface area contributed by atoms with Crippen molar-refractivity contribution in [2.75, 3.05) is 4.90 Å². The lowest BCUT2D eigenvalue weighted by Gasteiger charge is -2.28. The minimum absolute atomic E-state index is 0.0257. The van der Waals surface area contributed by atoms with E-state index in [2.05, 4.69) is 33.6 Å². The summed E-state index contributed by atoms with van der Waals surface area (Å²) in [7, 11) is 0. The van der Waals surface area contributed by atoms with Crippen LogP contribution in [0.15, 0.2) is 54.0 Å². The summed E-state index contributed by atoms with van der Waals surface area (Å²) in [5.41, 5.74) is 3.65. The Bertz CT molecular complexity index is 955. The molecule has 132 valence electrons. The molecule has 0 aliphatic carbocycles. The molecular formula is C20H18FN3S2. The topological polar surface area (TPSA) is 28.2 Å². The third kappa shape index (κ3) is 2.89. The molecule has 1 saturated heterocycles. The van der Waals surface area contributed by atoms with Gasteiger partial charge in [0.15, 0.2) is 5.11 Å². The SMILES string of the molecule is Cc1cc(N2C(=S)N[C@@H](c3ccccn3)[C@H]2c2sccc2C)ccc1F. The highest BCUT2D eigenvalue weighted by Crippen LogP contribution is 2.44. The van der Waals surface area contributed by atoms with Crippen molar-refractivity contribution < 1.29 is 4.39 Å². The monoisotopic (exact) mass is 383 g/mol. The Balaban J connectivity index is 1.85. The normalized spacial score (nSPS) is 19.7. The minimum Gasteiger partial charge on any atom is -0.351 e. The summed E-state index contributed by atoms with van der Waals surface area (Å²) in [5, 5.41) is 6.15. The van der Waals surface area contributed by atoms with E-state index in [0.717, 1.165) is 11.4 Å². The Labute approximate surface area is 161 Å². The van der Waals surface area contributed by atoms with Gasteiger partial charge in [-0.25, -0.2) is 4.39 Å². The highest BCUT2D eigenvalue weighted by Gasteiger charge is 2.41. The largest absolute Gasteiger partial charge is 0.351 e. The molecule has 26 heavy (non-hydrogen) atoms. The summed E-state index contributed by atoms with van der Waals surface area (Å²) in [6, 6.07) is 13.1. The Morgan fingerprint density at radius 3 is 2.65 bits per heavy atom. The van der Waals surface area contributed by atoms with Gasteiger partial charge in [0, 0.05) is 16.8 Å². The van der Waals surface area contributed by atoms with Crippen LogP contribution in [-0.2, 0) is 0 Å². The van der Waals surface area contributed by atoms with E-state index in [-0.39, 0.29) is 17.9 Å². The molecule has 0 amide bonds. The minimum atomic E-state index is -0.211. The fourth-order valence-corrected chi connectivity index (χ4v) is 4.76. The van der Waals surface area contributed by atoms with E-state index in [1.807, 2.05) is 24.3 Å². The van der Waals surface area contributed by atoms with Crippen molar-refractivity contribution >= 4 is 34.4 Å². The second-order valence-corrected chi connectivity index (χ2v) is 7.73. The maximum atomic E-state index is 13.8. The van der Waals surface area contributed by atoms with Crippen LogP contribution in [-0.4, -0.2) is 10.1 Å². The maximum absolute atomic E-state index is 13.8. The smallest absolute Gasteiger partial charge is 0.174 e. The first kappa shape index (κ1) is 17.1. The summed E-state index contributed by atoms with van der Waals surface area (Å²) in [5.74, 6) is -0.211. The lowest BCUT2D eigenvalue weighted by molar-refractivity contribution is 0.572. The van der Waals surface area contributed by atoms with Crippen molar-refractivity contribution in [2.45, 2.75) is 25.9 Å². The molecule has 0 saturated carbocycles. The zero-order valence-corrected chi connectivity index (χ0v) is 16.1. The van der Waals surface area contributed by atoms with Crippen LogP contribution in [0.25, 0.3) is 0 Å². The highest BCUT2D eigenvalue weighted by molar-refractivity contribution is 7.80. The van der Waals surface area contributed by atoms with Crippen molar-refractivity contribution in [3.8, 4) is 0 Å². The van der Waals surface area contributed by atoms with Crippen molar-refractivity contribution in [3.63, 3.8) is 0 Å². The Morgan fingerprint density at radius 1 is 1.15 bits per heavy atom. The van der Waals surface area contributed by atoms with E-state index in [9.17, 15) is 4.39 Å². The van der Waals surface area contributed by atoms with E-state index in [1.165, 1.54) is 16.5 Å². The van der Waals surface area contributed by atoms with E-state index in [1.54, 1.807) is 30.5 Å². The number of rotatable bonds is 3. The first-order chi connectivity index (χ1) is 12.6. The van der Waals surface area contributed by atoms with Crippen molar-refractivity contribution in [1.29, 1.82) is 0 Å². The Hall–Kier alpha value is -2.31. The van der Waals surface area contributed by atoms with Crippen LogP contribution < -0.4 is 10.2 Å². The number of hydrogen-bond acceptors (Lipinski definition) is 3. The fraction of sp³-hybridized carbons (Fsp3) is 0.200. The number of anilines is 1. The van der Waals surface area contributed by atoms with Gasteiger partial charge in [0.2, 0.25) is 0 Å². The van der Waals surface area contributed by atoms with Gasteiger partial charge >= 0.3 is 0 Å². The average Bonchev–Trinajstić information content (AvgIpc) is 3.21. The molecule has 1 fully saturated rings. The molecule has 1 aliphatic rings. The zero-order chi connectivity index (χ0) is 18.3. The summed E-state index contributed by atoms with van der Waals surface area (Å²) < 4.78 is 13.8. The third-order valence-electron chi connectivity index (χ3n) is 4.69. The number of benzene rings is 1. The van der Waals surface area contributed by atoms with Gasteiger partial charge in [-0.05, 0) is 79.0 Å². The molecular weight excluding hydrogens is 365 g/mol. The molecule has 6 heteroatoms. The van der Waals surface area contributed by atoms with Crippen LogP contribution in [0.5, 0.6) is 0 Å². The second kappa shape index (κ2) is 6.78. The average molecular weight is 384 g/mol. The van der Waals surface area contributed by atoms with Gasteiger partial charge in [-0.3, -0.25) is 4.98 Å². The van der Waals surface area contributed by atoms with Crippen molar-refractivity contribution in [1.82, 2.24) is 10.3 Å². The van der Waals surface area contributed by atoms with Gasteiger partial charge in [0.05, 0.1) is 17.8 Å². The number of aryl methyl sites for hydroxylation is 2. The molecule has 0 bridgehead atoms. The van der Waals surface area contributed by atoms with Crippen LogP contribution in [0.3, 0.4) is 0 Å². The summed E-state index contributed by atoms with van der Waals surface area (Å²) in [6.07, 6.45) is 1.79. The predicted molar refractivity (Wildman–Crippen MR) is 108 cm³/mol. The van der Waals surface area contributed by atoms with E-state index < -0.39 is 0 Å². The predicted octanol–water partition coefficient (Wildman–Crippen LogP) is 5.08. The first-order valence-corrected chi connectivity index (χ1v) is 9.66. The molecule has 0 unspecified atom stereocenters. The van der Waals surface area contributed by atoms with Crippen LogP contribution in [0.2, 0.25) is 0 Å². The summed E-state index contributed by atoms with van der Waals surface area (Å²) in [4.78, 5) is 7.86. The molecule has 3 heterocycles. The van der Waals surface area contributed by atoms with E-state index in [0.29, 0.717) is 10.7 Å². The first-order valence-electron chi connectivity index (χ1n) is 8.37. The number of thiophene rings is 1. The number of hydrogen-bond donors (Lipinski definition) is 1. The van der Waals surface area contributed by atoms with Gasteiger partial charge in [0.1, 0.15) is 5.82 Å². The Morgan fingerprint density at radius 2 is 2.00 bits per heavy atom. The molecule has 0 radical (unpaired) electrons. The molecule has 3 aromatic rings. The number of aromatic nitrogens is 1. The van der Waals surface area contributed by atoms with Gasteiger partial charge in [0.25, 0.3) is 0 Å². The number of nitrogens with zero attached hydrogens (tertiary/aromatic N) is 2. The quantitative estimate of drug-likeness (QED) is 0.639. The number of halogens is 1. The van der Waals surface area contributed by atoms with Gasteiger partial charge in [-0.1, -0.05) is 6.07 Å². The molecule has 3 nitrogen and oxygen atoms in total. The standard InChI is InChI=1S/C20H18FN3S2/c1-12-8-10-26-19(12)18-17(16-5-3-4-9-22-16)23-20(25)24(18)14-6-7-15(21)13(2)11-14/h3-11,17-18H,1-2H3,(H,23,25)/t17-,18-/m0/s1. The summed E-state index contributed by atoms with van der Waals surface area (Å²) >= 11 is 7.38. The summed E-state index contributed by atoms with van der Waals surface area (Å²) in [6.45, 7) is 3.88. The number of pyridine rings is 1. The van der Waals surface area contributed by atoms with Crippen molar-refractivity contribution in [2.24, 2.45) is 0 Å². The second-order valence-electron chi connectivity index (χ2n) is 6.40. The van der Waals surface area contributed by atoms with Crippen LogP contribution in [0.4, 0.5) is 10.1 Å². The Kier molecular flexibility index (Phi) is 4.46. The van der Waals surface area contributed by atoms with Crippen molar-refractivity contribution in [3.05, 3.63) is 81.6 Å². The number of thiocarbonyl (C=S) groups is 1. The lowest BCUT2D eigenvalue weighted by Crippen LogP contribution is -2.29. The lowest BCUT2D eigenvalue weighted by atomic mass is 10.0. The molecule has 2 atom stereocenters. The molecule has 0 spiro atoms. The van der Waals surface area contributed by atoms with E-state index in [4.69, 9.17) is 12.2 Å². The molecule has 4 rings (SSSR count). The van der Waals surface area contributed by atoms with Gasteiger partial charge in [-0.15, -0.1) is 11.3 Å². The van der Waals surface area contributed by atoms with Gasteiger partial charge < -0.3 is 10.2 Å². The molecule has 1 N–H and O–H groups in total. The molecule has 2 aromatic heterocycles. The van der Waals surface area contributed by atoms with Crippen LogP contribution >= 0.6 is 23.6 Å². The van der Waals surface area contributed by atoms with E-state index >= 15 is 0 Å². The number of nitrogens with one attached hydrogen (secondary N) is 1. The highest BCUT2D eigenvalue weighted by atomic mass is 32.1. The zero-order valence-electron chi connectivity index (χ0n) is 14.4. The molecule has 1 aliphatic heterocycles. The van der Waals surface area contributed by atoms with Crippen LogP contribution in [0.1, 0.15) is 33.8 Å². The third-order valence-corrected chi connectivity index (χ3v) is 6.09. The molecule has 1 aromatic carbocycles. The van der Waals surface area contributed by atoms with Crippen LogP contribution in [0, 0.1) is 19.7 Å². The fourth-order valence-electron chi connectivity index (χ4n) is 3.37. The van der Waals surface area contributed by atoms with Gasteiger partial charge in [-0.2, -0.15) is 0 Å².